The van der Waals surface area contributed by atoms with Crippen LogP contribution >= 0.6 is 15.9 Å². The zero-order valence-electron chi connectivity index (χ0n) is 10.8. The van der Waals surface area contributed by atoms with Crippen LogP contribution in [0.5, 0.6) is 0 Å². The molecule has 0 spiro atoms. The summed E-state index contributed by atoms with van der Waals surface area (Å²) < 4.78 is 0.984. The monoisotopic (exact) mass is 299 g/mol. The highest BCUT2D eigenvalue weighted by molar-refractivity contribution is 9.10. The van der Waals surface area contributed by atoms with E-state index in [0.29, 0.717) is 13.0 Å². The average Bonchev–Trinajstić information content (AvgIpc) is 2.36. The molecule has 0 saturated heterocycles. The van der Waals surface area contributed by atoms with Gasteiger partial charge in [0.25, 0.3) is 0 Å². The molecule has 2 nitrogen and oxygen atoms in total. The van der Waals surface area contributed by atoms with Crippen LogP contribution in [-0.4, -0.2) is 11.7 Å². The Hall–Kier alpha value is -0.380. The van der Waals surface area contributed by atoms with Crippen LogP contribution in [0.2, 0.25) is 0 Å². The summed E-state index contributed by atoms with van der Waals surface area (Å²) in [5.74, 6) is 0. The van der Waals surface area contributed by atoms with Crippen molar-refractivity contribution in [2.75, 3.05) is 6.54 Å². The van der Waals surface area contributed by atoms with E-state index in [4.69, 9.17) is 5.73 Å². The van der Waals surface area contributed by atoms with Crippen LogP contribution in [-0.2, 0) is 5.60 Å². The fourth-order valence-corrected chi connectivity index (χ4v) is 2.73. The topological polar surface area (TPSA) is 46.2 Å². The fraction of sp³-hybridized carbons (Fsp3) is 0.571. The molecule has 0 aliphatic rings. The third-order valence-electron chi connectivity index (χ3n) is 4.04. The van der Waals surface area contributed by atoms with Gasteiger partial charge in [-0.15, -0.1) is 0 Å². The van der Waals surface area contributed by atoms with Crippen molar-refractivity contribution >= 4 is 15.9 Å². The molecule has 0 bridgehead atoms. The van der Waals surface area contributed by atoms with Crippen molar-refractivity contribution in [3.05, 3.63) is 34.3 Å². The van der Waals surface area contributed by atoms with Crippen LogP contribution in [0.3, 0.4) is 0 Å². The van der Waals surface area contributed by atoms with Gasteiger partial charge in [0.15, 0.2) is 0 Å². The molecular formula is C14H22BrNO. The lowest BCUT2D eigenvalue weighted by Crippen LogP contribution is -2.47. The van der Waals surface area contributed by atoms with E-state index in [1.165, 1.54) is 0 Å². The number of hydrogen-bond acceptors (Lipinski definition) is 2. The SMILES string of the molecule is CCC(C)(CN)C(O)(CC)c1cccc(Br)c1. The molecule has 0 saturated carbocycles. The highest BCUT2D eigenvalue weighted by Gasteiger charge is 2.44. The maximum absolute atomic E-state index is 11.0. The van der Waals surface area contributed by atoms with Crippen molar-refractivity contribution in [2.45, 2.75) is 39.2 Å². The van der Waals surface area contributed by atoms with E-state index in [0.717, 1.165) is 16.5 Å². The fourth-order valence-electron chi connectivity index (χ4n) is 2.33. The Kier molecular flexibility index (Phi) is 4.76. The largest absolute Gasteiger partial charge is 0.385 e. The van der Waals surface area contributed by atoms with Crippen molar-refractivity contribution in [3.63, 3.8) is 0 Å². The molecule has 1 aromatic carbocycles. The van der Waals surface area contributed by atoms with Crippen molar-refractivity contribution < 1.29 is 5.11 Å². The molecule has 0 aliphatic carbocycles. The Morgan fingerprint density at radius 3 is 2.35 bits per heavy atom. The summed E-state index contributed by atoms with van der Waals surface area (Å²) in [6.45, 7) is 6.60. The molecule has 3 N–H and O–H groups in total. The van der Waals surface area contributed by atoms with Gasteiger partial charge in [0.2, 0.25) is 0 Å². The number of halogens is 1. The van der Waals surface area contributed by atoms with Crippen LogP contribution < -0.4 is 5.73 Å². The summed E-state index contributed by atoms with van der Waals surface area (Å²) in [6.07, 6.45) is 1.51. The Labute approximate surface area is 112 Å². The smallest absolute Gasteiger partial charge is 0.0959 e. The lowest BCUT2D eigenvalue weighted by Gasteiger charge is -2.44. The summed E-state index contributed by atoms with van der Waals surface area (Å²) in [5, 5.41) is 11.0. The van der Waals surface area contributed by atoms with Crippen molar-refractivity contribution in [1.29, 1.82) is 0 Å². The second-order valence-electron chi connectivity index (χ2n) is 4.84. The highest BCUT2D eigenvalue weighted by atomic mass is 79.9. The molecule has 3 heteroatoms. The summed E-state index contributed by atoms with van der Waals surface area (Å²) >= 11 is 3.45. The number of hydrogen-bond donors (Lipinski definition) is 2. The van der Waals surface area contributed by atoms with Gasteiger partial charge in [-0.2, -0.15) is 0 Å². The zero-order valence-corrected chi connectivity index (χ0v) is 12.4. The second kappa shape index (κ2) is 5.51. The molecule has 0 aliphatic heterocycles. The Morgan fingerprint density at radius 1 is 1.29 bits per heavy atom. The molecule has 96 valence electrons. The van der Waals surface area contributed by atoms with Crippen LogP contribution in [0.1, 0.15) is 39.2 Å². The summed E-state index contributed by atoms with van der Waals surface area (Å²) in [7, 11) is 0. The summed E-state index contributed by atoms with van der Waals surface area (Å²) in [6, 6.07) is 7.86. The molecule has 0 radical (unpaired) electrons. The predicted octanol–water partition coefficient (Wildman–Crippen LogP) is 3.42. The van der Waals surface area contributed by atoms with Gasteiger partial charge in [0, 0.05) is 16.4 Å². The van der Waals surface area contributed by atoms with Crippen LogP contribution in [0.4, 0.5) is 0 Å². The molecule has 0 aromatic heterocycles. The average molecular weight is 300 g/mol. The van der Waals surface area contributed by atoms with Gasteiger partial charge in [-0.05, 0) is 30.5 Å². The predicted molar refractivity (Wildman–Crippen MR) is 75.8 cm³/mol. The molecule has 17 heavy (non-hydrogen) atoms. The maximum atomic E-state index is 11.0. The third-order valence-corrected chi connectivity index (χ3v) is 4.54. The minimum Gasteiger partial charge on any atom is -0.385 e. The molecular weight excluding hydrogens is 278 g/mol. The van der Waals surface area contributed by atoms with E-state index in [2.05, 4.69) is 29.8 Å². The van der Waals surface area contributed by atoms with Crippen molar-refractivity contribution in [2.24, 2.45) is 11.1 Å². The van der Waals surface area contributed by atoms with Gasteiger partial charge in [-0.25, -0.2) is 0 Å². The van der Waals surface area contributed by atoms with Gasteiger partial charge < -0.3 is 10.8 Å². The van der Waals surface area contributed by atoms with E-state index < -0.39 is 5.60 Å². The Balaban J connectivity index is 3.29. The number of aliphatic hydroxyl groups is 1. The van der Waals surface area contributed by atoms with Crippen LogP contribution in [0, 0.1) is 5.41 Å². The van der Waals surface area contributed by atoms with Crippen LogP contribution in [0.25, 0.3) is 0 Å². The molecule has 1 rings (SSSR count). The van der Waals surface area contributed by atoms with Crippen molar-refractivity contribution in [1.82, 2.24) is 0 Å². The highest BCUT2D eigenvalue weighted by Crippen LogP contribution is 2.44. The normalized spacial score (nSPS) is 18.5. The first-order chi connectivity index (χ1) is 7.93. The molecule has 0 fully saturated rings. The van der Waals surface area contributed by atoms with Gasteiger partial charge in [-0.1, -0.05) is 48.8 Å². The standard InChI is InChI=1S/C14H22BrNO/c1-4-13(3,10-16)14(17,5-2)11-7-6-8-12(15)9-11/h6-9,17H,4-5,10,16H2,1-3H3. The van der Waals surface area contributed by atoms with Gasteiger partial charge in [0.05, 0.1) is 5.60 Å². The lowest BCUT2D eigenvalue weighted by molar-refractivity contribution is -0.0839. The van der Waals surface area contributed by atoms with E-state index in [9.17, 15) is 5.11 Å². The number of rotatable bonds is 5. The summed E-state index contributed by atoms with van der Waals surface area (Å²) in [4.78, 5) is 0. The molecule has 2 unspecified atom stereocenters. The minimum absolute atomic E-state index is 0.303. The molecule has 2 atom stereocenters. The summed E-state index contributed by atoms with van der Waals surface area (Å²) in [5.41, 5.74) is 5.64. The first-order valence-electron chi connectivity index (χ1n) is 6.12. The number of benzene rings is 1. The van der Waals surface area contributed by atoms with E-state index >= 15 is 0 Å². The first kappa shape index (κ1) is 14.7. The van der Waals surface area contributed by atoms with E-state index in [-0.39, 0.29) is 5.41 Å². The Morgan fingerprint density at radius 2 is 1.94 bits per heavy atom. The quantitative estimate of drug-likeness (QED) is 0.875. The van der Waals surface area contributed by atoms with E-state index in [1.54, 1.807) is 0 Å². The first-order valence-corrected chi connectivity index (χ1v) is 6.91. The minimum atomic E-state index is -0.875. The van der Waals surface area contributed by atoms with Gasteiger partial charge in [-0.3, -0.25) is 0 Å². The maximum Gasteiger partial charge on any atom is 0.0959 e. The molecule has 1 aromatic rings. The molecule has 0 heterocycles. The lowest BCUT2D eigenvalue weighted by atomic mass is 9.66. The van der Waals surface area contributed by atoms with Crippen LogP contribution in [0.15, 0.2) is 28.7 Å². The zero-order chi connectivity index (χ0) is 13.1. The number of nitrogens with two attached hydrogens (primary N) is 1. The second-order valence-corrected chi connectivity index (χ2v) is 5.76. The molecule has 0 amide bonds. The third kappa shape index (κ3) is 2.56. The van der Waals surface area contributed by atoms with Crippen molar-refractivity contribution in [3.8, 4) is 0 Å². The van der Waals surface area contributed by atoms with E-state index in [1.807, 2.05) is 31.2 Å². The Bertz CT molecular complexity index is 376. The van der Waals surface area contributed by atoms with Gasteiger partial charge >= 0.3 is 0 Å². The van der Waals surface area contributed by atoms with Gasteiger partial charge in [0.1, 0.15) is 0 Å².